The third kappa shape index (κ3) is 41.3. The Morgan fingerprint density at radius 2 is 0.983 bits per heavy atom. The molecule has 1 amide bonds. The van der Waals surface area contributed by atoms with Crippen LogP contribution in [0.4, 0.5) is 0 Å². The van der Waals surface area contributed by atoms with E-state index in [2.05, 4.69) is 92.9 Å². The summed E-state index contributed by atoms with van der Waals surface area (Å²) in [6.07, 6.45) is 63.1. The van der Waals surface area contributed by atoms with Gasteiger partial charge in [0.25, 0.3) is 0 Å². The maximum Gasteiger partial charge on any atom is 0.306 e. The van der Waals surface area contributed by atoms with E-state index in [0.29, 0.717) is 19.3 Å². The van der Waals surface area contributed by atoms with Gasteiger partial charge in [-0.3, -0.25) is 9.59 Å². The van der Waals surface area contributed by atoms with Crippen molar-refractivity contribution in [3.8, 4) is 0 Å². The molecule has 3 unspecified atom stereocenters. The number of aliphatic hydroxyl groups excluding tert-OH is 2. The minimum Gasteiger partial charge on any atom is -0.462 e. The maximum absolute atomic E-state index is 13.1. The number of amides is 1. The van der Waals surface area contributed by atoms with Crippen molar-refractivity contribution in [1.82, 2.24) is 5.32 Å². The zero-order chi connectivity index (χ0) is 43.8. The minimum atomic E-state index is -0.823. The average molecular weight is 832 g/mol. The first-order chi connectivity index (χ1) is 29.5. The summed E-state index contributed by atoms with van der Waals surface area (Å²) in [6.45, 7) is 6.17. The van der Waals surface area contributed by atoms with E-state index in [4.69, 9.17) is 4.74 Å². The Bertz CT molecular complexity index is 1250. The van der Waals surface area contributed by atoms with E-state index in [9.17, 15) is 19.8 Å². The Hall–Kier alpha value is -3.48. The number of ether oxygens (including phenoxy) is 1. The summed E-state index contributed by atoms with van der Waals surface area (Å²) in [4.78, 5) is 26.0. The monoisotopic (exact) mass is 832 g/mol. The van der Waals surface area contributed by atoms with Crippen molar-refractivity contribution in [2.75, 3.05) is 6.61 Å². The number of nitrogens with one attached hydrogen (secondary N) is 1. The van der Waals surface area contributed by atoms with Crippen molar-refractivity contribution < 1.29 is 24.5 Å². The predicted octanol–water partition coefficient (Wildman–Crippen LogP) is 14.3. The largest absolute Gasteiger partial charge is 0.462 e. The lowest BCUT2D eigenvalue weighted by atomic mass is 10.0. The summed E-state index contributed by atoms with van der Waals surface area (Å²) in [6, 6.07) is -0.743. The van der Waals surface area contributed by atoms with Crippen LogP contribution in [0.2, 0.25) is 0 Å². The second kappa shape index (κ2) is 46.6. The Kier molecular flexibility index (Phi) is 43.9. The zero-order valence-corrected chi connectivity index (χ0v) is 38.5. The van der Waals surface area contributed by atoms with Gasteiger partial charge in [0.1, 0.15) is 6.10 Å². The van der Waals surface area contributed by atoms with Gasteiger partial charge in [0.05, 0.1) is 25.2 Å². The van der Waals surface area contributed by atoms with Gasteiger partial charge in [-0.05, 0) is 70.6 Å². The van der Waals surface area contributed by atoms with E-state index < -0.39 is 18.2 Å². The highest BCUT2D eigenvalue weighted by molar-refractivity contribution is 5.77. The maximum atomic E-state index is 13.1. The molecular weight excluding hydrogens is 743 g/mol. The number of rotatable bonds is 41. The van der Waals surface area contributed by atoms with Crippen LogP contribution >= 0.6 is 0 Å². The normalized spacial score (nSPS) is 14.3. The first-order valence-corrected chi connectivity index (χ1v) is 24.2. The summed E-state index contributed by atoms with van der Waals surface area (Å²) in [5, 5.41) is 23.7. The quantitative estimate of drug-likeness (QED) is 0.0247. The van der Waals surface area contributed by atoms with Gasteiger partial charge in [0.2, 0.25) is 5.91 Å². The van der Waals surface area contributed by atoms with Crippen LogP contribution in [0, 0.1) is 0 Å². The van der Waals surface area contributed by atoms with Gasteiger partial charge in [-0.1, -0.05) is 220 Å². The Morgan fingerprint density at radius 1 is 0.517 bits per heavy atom. The van der Waals surface area contributed by atoms with Crippen LogP contribution in [0.5, 0.6) is 0 Å². The molecule has 6 heteroatoms. The summed E-state index contributed by atoms with van der Waals surface area (Å²) in [7, 11) is 0. The van der Waals surface area contributed by atoms with Gasteiger partial charge in [-0.25, -0.2) is 0 Å². The molecule has 0 aliphatic carbocycles. The first-order valence-electron chi connectivity index (χ1n) is 24.2. The van der Waals surface area contributed by atoms with Gasteiger partial charge >= 0.3 is 5.97 Å². The predicted molar refractivity (Wildman–Crippen MR) is 259 cm³/mol. The molecule has 0 aliphatic rings. The van der Waals surface area contributed by atoms with Crippen LogP contribution in [0.25, 0.3) is 0 Å². The van der Waals surface area contributed by atoms with Crippen molar-refractivity contribution >= 4 is 11.9 Å². The molecule has 0 rings (SSSR count). The van der Waals surface area contributed by atoms with E-state index in [-0.39, 0.29) is 31.3 Å². The highest BCUT2D eigenvalue weighted by atomic mass is 16.5. The fourth-order valence-electron chi connectivity index (χ4n) is 6.61. The van der Waals surface area contributed by atoms with Crippen LogP contribution in [-0.4, -0.2) is 46.9 Å². The highest BCUT2D eigenvalue weighted by Gasteiger charge is 2.23. The standard InChI is InChI=1S/C54H89NO5/c1-4-7-10-13-16-19-22-24-26-27-29-32-35-38-41-44-47-54(59)60-50(45-42-39-36-33-30-21-18-15-12-9-6-3)48-53(58)55-51(49-56)52(57)46-43-40-37-34-31-28-25-23-20-17-14-11-8-5-2/h7,9-10,12,15-16,18-19,21,24,26,29-30,32-33,36,38,41,50-52,56-57H,4-6,8,11,13-14,17,20,22-23,25,27-28,31,34-35,37,39-40,42-49H2,1-3H3,(H,55,58)/b10-7+,12-9+,18-15+,19-16+,26-24+,30-21-,32-29+,36-33-,41-38+. The molecule has 6 nitrogen and oxygen atoms in total. The van der Waals surface area contributed by atoms with Crippen molar-refractivity contribution in [1.29, 1.82) is 0 Å². The lowest BCUT2D eigenvalue weighted by Crippen LogP contribution is -2.46. The third-order valence-corrected chi connectivity index (χ3v) is 10.2. The summed E-state index contributed by atoms with van der Waals surface area (Å²) in [5.74, 6) is -0.653. The Morgan fingerprint density at radius 3 is 1.50 bits per heavy atom. The summed E-state index contributed by atoms with van der Waals surface area (Å²) in [5.41, 5.74) is 0. The molecule has 0 spiro atoms. The van der Waals surface area contributed by atoms with Crippen molar-refractivity contribution in [2.45, 2.75) is 212 Å². The smallest absolute Gasteiger partial charge is 0.306 e. The van der Waals surface area contributed by atoms with Gasteiger partial charge < -0.3 is 20.3 Å². The van der Waals surface area contributed by atoms with Gasteiger partial charge in [-0.15, -0.1) is 0 Å². The lowest BCUT2D eigenvalue weighted by molar-refractivity contribution is -0.150. The number of esters is 1. The molecule has 0 radical (unpaired) electrons. The number of carbonyl (C=O) groups excluding carboxylic acids is 2. The second-order valence-corrected chi connectivity index (χ2v) is 15.8. The van der Waals surface area contributed by atoms with Crippen molar-refractivity contribution in [2.24, 2.45) is 0 Å². The molecule has 60 heavy (non-hydrogen) atoms. The highest BCUT2D eigenvalue weighted by Crippen LogP contribution is 2.16. The lowest BCUT2D eigenvalue weighted by Gasteiger charge is -2.24. The molecule has 0 bridgehead atoms. The molecule has 0 aromatic carbocycles. The summed E-state index contributed by atoms with van der Waals surface area (Å²) >= 11 is 0. The first kappa shape index (κ1) is 56.5. The number of unbranched alkanes of at least 4 members (excludes halogenated alkanes) is 14. The number of carbonyl (C=O) groups is 2. The fourth-order valence-corrected chi connectivity index (χ4v) is 6.61. The molecule has 340 valence electrons. The number of hydrogen-bond acceptors (Lipinski definition) is 5. The topological polar surface area (TPSA) is 95.9 Å². The van der Waals surface area contributed by atoms with Crippen LogP contribution < -0.4 is 5.32 Å². The molecule has 0 aliphatic heterocycles. The molecule has 0 fully saturated rings. The zero-order valence-electron chi connectivity index (χ0n) is 38.5. The average Bonchev–Trinajstić information content (AvgIpc) is 3.24. The molecule has 3 N–H and O–H groups in total. The summed E-state index contributed by atoms with van der Waals surface area (Å²) < 4.78 is 5.83. The van der Waals surface area contributed by atoms with Gasteiger partial charge in [0.15, 0.2) is 0 Å². The molecule has 3 atom stereocenters. The van der Waals surface area contributed by atoms with Crippen LogP contribution in [0.1, 0.15) is 194 Å². The van der Waals surface area contributed by atoms with E-state index >= 15 is 0 Å². The van der Waals surface area contributed by atoms with E-state index in [0.717, 1.165) is 70.6 Å². The van der Waals surface area contributed by atoms with Gasteiger partial charge in [-0.2, -0.15) is 0 Å². The van der Waals surface area contributed by atoms with Crippen LogP contribution in [-0.2, 0) is 14.3 Å². The van der Waals surface area contributed by atoms with Crippen LogP contribution in [0.3, 0.4) is 0 Å². The van der Waals surface area contributed by atoms with Crippen LogP contribution in [0.15, 0.2) is 109 Å². The SMILES string of the molecule is CC/C=C/C=C/C=C\C=C/CCCC(CC(=O)NC(CO)C(O)CCCCCCCCCCCCCCCC)OC(=O)CC/C=C/C/C=C/C/C=C/C/C=C/C/C=C/CC. The number of aliphatic hydroxyl groups is 2. The second-order valence-electron chi connectivity index (χ2n) is 15.8. The van der Waals surface area contributed by atoms with E-state index in [1.165, 1.54) is 70.6 Å². The number of hydrogen-bond donors (Lipinski definition) is 3. The van der Waals surface area contributed by atoms with Crippen molar-refractivity contribution in [3.05, 3.63) is 109 Å². The molecule has 0 heterocycles. The van der Waals surface area contributed by atoms with Crippen molar-refractivity contribution in [3.63, 3.8) is 0 Å². The molecule has 0 saturated heterocycles. The van der Waals surface area contributed by atoms with E-state index in [1.54, 1.807) is 0 Å². The molecule has 0 aromatic rings. The molecule has 0 saturated carbocycles. The Labute approximate surface area is 368 Å². The van der Waals surface area contributed by atoms with Gasteiger partial charge in [0, 0.05) is 6.42 Å². The molecular formula is C54H89NO5. The third-order valence-electron chi connectivity index (χ3n) is 10.2. The number of allylic oxidation sites excluding steroid dienone is 18. The Balaban J connectivity index is 4.75. The minimum absolute atomic E-state index is 0.00478. The fraction of sp³-hybridized carbons (Fsp3) is 0.630. The van der Waals surface area contributed by atoms with E-state index in [1.807, 2.05) is 42.5 Å². The molecule has 0 aromatic heterocycles.